The zero-order chi connectivity index (χ0) is 18.6. The summed E-state index contributed by atoms with van der Waals surface area (Å²) >= 11 is 5.75. The molecular weight excluding hydrogens is 367 g/mol. The third-order valence-corrected chi connectivity index (χ3v) is 3.78. The minimum absolute atomic E-state index is 0.0553. The standard InChI is InChI=1S/C15H17ClF3NO3S/c1-3-4-5-6-9-14(15(17,18)19,23-24(2,21)22)12-10-11(16)7-8-13(12)20/h7-8,10H,3-5,20H2,1-2H3. The molecule has 0 aliphatic heterocycles. The molecule has 0 fully saturated rings. The van der Waals surface area contributed by atoms with Gasteiger partial charge in [-0.25, -0.2) is 4.18 Å². The Balaban J connectivity index is 3.68. The van der Waals surface area contributed by atoms with E-state index in [4.69, 9.17) is 17.3 Å². The van der Waals surface area contributed by atoms with Gasteiger partial charge in [-0.05, 0) is 24.6 Å². The molecule has 1 aromatic carbocycles. The summed E-state index contributed by atoms with van der Waals surface area (Å²) in [6, 6.07) is 3.33. The first-order valence-electron chi connectivity index (χ1n) is 6.96. The van der Waals surface area contributed by atoms with Gasteiger partial charge in [0, 0.05) is 22.7 Å². The summed E-state index contributed by atoms with van der Waals surface area (Å²) in [5, 5.41) is -0.0553. The zero-order valence-electron chi connectivity index (χ0n) is 13.1. The van der Waals surface area contributed by atoms with E-state index in [1.807, 2.05) is 12.8 Å². The van der Waals surface area contributed by atoms with Crippen LogP contribution in [0.4, 0.5) is 18.9 Å². The summed E-state index contributed by atoms with van der Waals surface area (Å²) in [5.41, 5.74) is 1.22. The SMILES string of the molecule is CCCCC#CC(OS(C)(=O)=O)(c1cc(Cl)ccc1N)C(F)(F)F. The monoisotopic (exact) mass is 383 g/mol. The van der Waals surface area contributed by atoms with Gasteiger partial charge in [0.15, 0.2) is 0 Å². The molecule has 1 aromatic rings. The molecule has 1 unspecified atom stereocenters. The summed E-state index contributed by atoms with van der Waals surface area (Å²) < 4.78 is 68.9. The molecule has 1 rings (SSSR count). The van der Waals surface area contributed by atoms with Crippen LogP contribution in [0.5, 0.6) is 0 Å². The first kappa shape index (κ1) is 20.6. The van der Waals surface area contributed by atoms with E-state index in [1.165, 1.54) is 6.07 Å². The van der Waals surface area contributed by atoms with Crippen LogP contribution in [0.3, 0.4) is 0 Å². The highest BCUT2D eigenvalue weighted by Gasteiger charge is 2.60. The number of benzene rings is 1. The van der Waals surface area contributed by atoms with E-state index >= 15 is 0 Å². The molecule has 0 saturated carbocycles. The molecule has 9 heteroatoms. The Bertz CT molecular complexity index is 753. The van der Waals surface area contributed by atoms with Crippen LogP contribution in [-0.2, 0) is 19.9 Å². The van der Waals surface area contributed by atoms with Gasteiger partial charge >= 0.3 is 6.18 Å². The van der Waals surface area contributed by atoms with Crippen molar-refractivity contribution < 1.29 is 25.8 Å². The molecule has 1 atom stereocenters. The Kier molecular flexibility index (Phi) is 6.56. The molecule has 0 bridgehead atoms. The van der Waals surface area contributed by atoms with E-state index < -0.39 is 27.5 Å². The Labute approximate surface area is 144 Å². The van der Waals surface area contributed by atoms with Crippen molar-refractivity contribution in [1.29, 1.82) is 0 Å². The van der Waals surface area contributed by atoms with Crippen LogP contribution < -0.4 is 5.73 Å². The first-order valence-corrected chi connectivity index (χ1v) is 9.15. The van der Waals surface area contributed by atoms with Crippen molar-refractivity contribution in [2.45, 2.75) is 38.0 Å². The summed E-state index contributed by atoms with van der Waals surface area (Å²) in [6.45, 7) is 1.85. The summed E-state index contributed by atoms with van der Waals surface area (Å²) in [7, 11) is -4.51. The molecule has 134 valence electrons. The van der Waals surface area contributed by atoms with Crippen LogP contribution in [0.1, 0.15) is 31.7 Å². The second-order valence-electron chi connectivity index (χ2n) is 5.10. The predicted octanol–water partition coefficient (Wildman–Crippen LogP) is 3.85. The number of nitrogen functional groups attached to an aromatic ring is 1. The third kappa shape index (κ3) is 5.03. The fraction of sp³-hybridized carbons (Fsp3) is 0.467. The van der Waals surface area contributed by atoms with Crippen LogP contribution in [0.15, 0.2) is 18.2 Å². The lowest BCUT2D eigenvalue weighted by atomic mass is 9.92. The molecule has 0 heterocycles. The Morgan fingerprint density at radius 2 is 1.96 bits per heavy atom. The lowest BCUT2D eigenvalue weighted by Crippen LogP contribution is -2.45. The number of nitrogens with two attached hydrogens (primary N) is 1. The van der Waals surface area contributed by atoms with Crippen LogP contribution in [0.2, 0.25) is 5.02 Å². The van der Waals surface area contributed by atoms with E-state index in [-0.39, 0.29) is 17.1 Å². The maximum Gasteiger partial charge on any atom is 0.434 e. The van der Waals surface area contributed by atoms with Gasteiger partial charge in [-0.2, -0.15) is 21.6 Å². The van der Waals surface area contributed by atoms with E-state index in [0.717, 1.165) is 18.6 Å². The van der Waals surface area contributed by atoms with Crippen LogP contribution in [-0.4, -0.2) is 20.8 Å². The molecule has 0 radical (unpaired) electrons. The maximum atomic E-state index is 13.8. The molecule has 0 aliphatic carbocycles. The minimum Gasteiger partial charge on any atom is -0.398 e. The lowest BCUT2D eigenvalue weighted by molar-refractivity contribution is -0.228. The van der Waals surface area contributed by atoms with Gasteiger partial charge < -0.3 is 5.73 Å². The molecule has 24 heavy (non-hydrogen) atoms. The number of hydrogen-bond acceptors (Lipinski definition) is 4. The molecule has 0 aliphatic rings. The average Bonchev–Trinajstić information content (AvgIpc) is 2.42. The number of anilines is 1. The Hall–Kier alpha value is -1.43. The van der Waals surface area contributed by atoms with Gasteiger partial charge in [0.1, 0.15) is 0 Å². The number of hydrogen-bond donors (Lipinski definition) is 1. The smallest absolute Gasteiger partial charge is 0.398 e. The highest BCUT2D eigenvalue weighted by atomic mass is 35.5. The number of alkyl halides is 3. The molecular formula is C15H17ClF3NO3S. The molecule has 0 aromatic heterocycles. The fourth-order valence-electron chi connectivity index (χ4n) is 1.92. The van der Waals surface area contributed by atoms with Gasteiger partial charge in [-0.1, -0.05) is 36.8 Å². The quantitative estimate of drug-likeness (QED) is 0.363. The highest BCUT2D eigenvalue weighted by molar-refractivity contribution is 7.86. The molecule has 0 saturated heterocycles. The normalized spacial score (nSPS) is 14.6. The van der Waals surface area contributed by atoms with Crippen molar-refractivity contribution in [2.75, 3.05) is 12.0 Å². The van der Waals surface area contributed by atoms with E-state index in [1.54, 1.807) is 0 Å². The van der Waals surface area contributed by atoms with Crippen LogP contribution in [0, 0.1) is 11.8 Å². The Morgan fingerprint density at radius 3 is 2.46 bits per heavy atom. The first-order chi connectivity index (χ1) is 10.9. The van der Waals surface area contributed by atoms with Crippen LogP contribution in [0.25, 0.3) is 0 Å². The highest BCUT2D eigenvalue weighted by Crippen LogP contribution is 2.45. The van der Waals surface area contributed by atoms with Gasteiger partial charge in [-0.3, -0.25) is 0 Å². The molecule has 4 nitrogen and oxygen atoms in total. The fourth-order valence-corrected chi connectivity index (χ4v) is 2.77. The largest absolute Gasteiger partial charge is 0.434 e. The number of rotatable bonds is 5. The number of halogens is 4. The van der Waals surface area contributed by atoms with Gasteiger partial charge in [0.05, 0.1) is 6.26 Å². The molecule has 0 spiro atoms. The Morgan fingerprint density at radius 1 is 1.33 bits per heavy atom. The summed E-state index contributed by atoms with van der Waals surface area (Å²) in [6.07, 6.45) is -3.21. The van der Waals surface area contributed by atoms with Gasteiger partial charge in [-0.15, -0.1) is 0 Å². The second kappa shape index (κ2) is 7.64. The van der Waals surface area contributed by atoms with Crippen molar-refractivity contribution in [3.05, 3.63) is 28.8 Å². The average molecular weight is 384 g/mol. The van der Waals surface area contributed by atoms with Crippen molar-refractivity contribution in [3.8, 4) is 11.8 Å². The second-order valence-corrected chi connectivity index (χ2v) is 7.11. The molecule has 2 N–H and O–H groups in total. The predicted molar refractivity (Wildman–Crippen MR) is 86.8 cm³/mol. The third-order valence-electron chi connectivity index (χ3n) is 2.99. The van der Waals surface area contributed by atoms with Crippen molar-refractivity contribution in [3.63, 3.8) is 0 Å². The minimum atomic E-state index is -5.16. The van der Waals surface area contributed by atoms with Crippen molar-refractivity contribution >= 4 is 27.4 Å². The lowest BCUT2D eigenvalue weighted by Gasteiger charge is -2.31. The topological polar surface area (TPSA) is 69.4 Å². The van der Waals surface area contributed by atoms with E-state index in [9.17, 15) is 21.6 Å². The van der Waals surface area contributed by atoms with E-state index in [0.29, 0.717) is 12.7 Å². The summed E-state index contributed by atoms with van der Waals surface area (Å²) in [4.78, 5) is 0. The van der Waals surface area contributed by atoms with Gasteiger partial charge in [0.25, 0.3) is 15.7 Å². The van der Waals surface area contributed by atoms with Crippen molar-refractivity contribution in [2.24, 2.45) is 0 Å². The van der Waals surface area contributed by atoms with E-state index in [2.05, 4.69) is 10.1 Å². The van der Waals surface area contributed by atoms with Crippen molar-refractivity contribution in [1.82, 2.24) is 0 Å². The maximum absolute atomic E-state index is 13.8. The number of unbranched alkanes of at least 4 members (excludes halogenated alkanes) is 2. The van der Waals surface area contributed by atoms with Crippen LogP contribution >= 0.6 is 11.6 Å². The summed E-state index contributed by atoms with van der Waals surface area (Å²) in [5.74, 6) is 4.28. The van der Waals surface area contributed by atoms with Gasteiger partial charge in [0.2, 0.25) is 0 Å². The zero-order valence-corrected chi connectivity index (χ0v) is 14.6. The molecule has 0 amide bonds.